The van der Waals surface area contributed by atoms with E-state index >= 15 is 0 Å². The maximum atomic E-state index is 11.8. The molecular weight excluding hydrogens is 272 g/mol. The Morgan fingerprint density at radius 1 is 1.20 bits per heavy atom. The van der Waals surface area contributed by atoms with Gasteiger partial charge in [-0.2, -0.15) is 0 Å². The fourth-order valence-electron chi connectivity index (χ4n) is 1.83. The molecule has 1 heterocycles. The van der Waals surface area contributed by atoms with Crippen molar-refractivity contribution >= 4 is 22.9 Å². The molecule has 3 N–H and O–H groups in total. The van der Waals surface area contributed by atoms with Crippen LogP contribution in [0.5, 0.6) is 0 Å². The lowest BCUT2D eigenvalue weighted by molar-refractivity contribution is 0.0945. The van der Waals surface area contributed by atoms with E-state index in [1.54, 1.807) is 17.4 Å². The van der Waals surface area contributed by atoms with Crippen molar-refractivity contribution in [3.8, 4) is 0 Å². The van der Waals surface area contributed by atoms with Crippen molar-refractivity contribution < 1.29 is 9.90 Å². The first-order valence-corrected chi connectivity index (χ1v) is 7.43. The molecule has 1 aromatic heterocycles. The van der Waals surface area contributed by atoms with Crippen molar-refractivity contribution in [1.29, 1.82) is 0 Å². The summed E-state index contributed by atoms with van der Waals surface area (Å²) in [6.07, 6.45) is 0.971. The third-order valence-electron chi connectivity index (χ3n) is 2.80. The number of benzene rings is 1. The van der Waals surface area contributed by atoms with Crippen LogP contribution in [-0.4, -0.2) is 30.7 Å². The van der Waals surface area contributed by atoms with Crippen LogP contribution in [0, 0.1) is 0 Å². The summed E-state index contributed by atoms with van der Waals surface area (Å²) in [5.74, 6) is -0.166. The minimum absolute atomic E-state index is 0.0511. The van der Waals surface area contributed by atoms with Crippen LogP contribution in [-0.2, 0) is 6.42 Å². The summed E-state index contributed by atoms with van der Waals surface area (Å²) >= 11 is 1.75. The van der Waals surface area contributed by atoms with Crippen molar-refractivity contribution in [1.82, 2.24) is 5.32 Å². The normalized spacial score (nSPS) is 10.2. The number of nitrogens with one attached hydrogen (secondary N) is 2. The molecule has 1 amide bonds. The monoisotopic (exact) mass is 290 g/mol. The van der Waals surface area contributed by atoms with Crippen LogP contribution in [0.1, 0.15) is 15.2 Å². The molecule has 0 spiro atoms. The summed E-state index contributed by atoms with van der Waals surface area (Å²) < 4.78 is 0. The molecule has 0 aliphatic carbocycles. The second-order valence-corrected chi connectivity index (χ2v) is 5.35. The molecule has 0 saturated carbocycles. The Kier molecular flexibility index (Phi) is 5.58. The van der Waals surface area contributed by atoms with Gasteiger partial charge in [-0.05, 0) is 36.1 Å². The zero-order chi connectivity index (χ0) is 14.2. The van der Waals surface area contributed by atoms with E-state index in [0.717, 1.165) is 18.7 Å². The van der Waals surface area contributed by atoms with Gasteiger partial charge >= 0.3 is 0 Å². The lowest BCUT2D eigenvalue weighted by Crippen LogP contribution is -2.26. The van der Waals surface area contributed by atoms with Gasteiger partial charge in [0.15, 0.2) is 0 Å². The van der Waals surface area contributed by atoms with Gasteiger partial charge in [0.05, 0.1) is 6.61 Å². The minimum Gasteiger partial charge on any atom is -0.395 e. The van der Waals surface area contributed by atoms with Crippen LogP contribution < -0.4 is 10.6 Å². The predicted octanol–water partition coefficient (Wildman–Crippen LogP) is 2.12. The number of carbonyl (C=O) groups is 1. The summed E-state index contributed by atoms with van der Waals surface area (Å²) in [6, 6.07) is 11.5. The highest BCUT2D eigenvalue weighted by Crippen LogP contribution is 2.12. The first-order valence-electron chi connectivity index (χ1n) is 6.55. The standard InChI is InChI=1S/C15H18N2O2S/c18-9-8-17-15(19)12-3-1-4-13(11-12)16-7-6-14-5-2-10-20-14/h1-5,10-11,16,18H,6-9H2,(H,17,19). The highest BCUT2D eigenvalue weighted by molar-refractivity contribution is 7.09. The van der Waals surface area contributed by atoms with Gasteiger partial charge in [-0.15, -0.1) is 11.3 Å². The van der Waals surface area contributed by atoms with Gasteiger partial charge in [-0.3, -0.25) is 4.79 Å². The zero-order valence-electron chi connectivity index (χ0n) is 11.1. The summed E-state index contributed by atoms with van der Waals surface area (Å²) in [7, 11) is 0. The molecule has 0 bridgehead atoms. The smallest absolute Gasteiger partial charge is 0.251 e. The van der Waals surface area contributed by atoms with E-state index in [2.05, 4.69) is 22.1 Å². The average molecular weight is 290 g/mol. The van der Waals surface area contributed by atoms with Crippen LogP contribution in [0.2, 0.25) is 0 Å². The molecule has 0 fully saturated rings. The molecule has 0 radical (unpaired) electrons. The van der Waals surface area contributed by atoms with E-state index < -0.39 is 0 Å². The van der Waals surface area contributed by atoms with Gasteiger partial charge in [0.1, 0.15) is 0 Å². The lowest BCUT2D eigenvalue weighted by Gasteiger charge is -2.08. The Morgan fingerprint density at radius 3 is 2.85 bits per heavy atom. The summed E-state index contributed by atoms with van der Waals surface area (Å²) in [5, 5.41) is 16.7. The fraction of sp³-hybridized carbons (Fsp3) is 0.267. The van der Waals surface area contributed by atoms with Gasteiger partial charge in [0, 0.05) is 29.2 Å². The number of thiophene rings is 1. The summed E-state index contributed by atoms with van der Waals surface area (Å²) in [5.41, 5.74) is 1.53. The molecule has 1 aromatic carbocycles. The molecule has 0 aliphatic heterocycles. The first-order chi connectivity index (χ1) is 9.79. The van der Waals surface area contributed by atoms with E-state index in [1.165, 1.54) is 4.88 Å². The van der Waals surface area contributed by atoms with Gasteiger partial charge in [-0.1, -0.05) is 12.1 Å². The van der Waals surface area contributed by atoms with E-state index in [-0.39, 0.29) is 19.1 Å². The molecule has 2 aromatic rings. The summed E-state index contributed by atoms with van der Waals surface area (Å²) in [6.45, 7) is 1.06. The van der Waals surface area contributed by atoms with Crippen molar-refractivity contribution in [2.45, 2.75) is 6.42 Å². The largest absolute Gasteiger partial charge is 0.395 e. The topological polar surface area (TPSA) is 61.4 Å². The third kappa shape index (κ3) is 4.36. The lowest BCUT2D eigenvalue weighted by atomic mass is 10.2. The van der Waals surface area contributed by atoms with Crippen LogP contribution in [0.25, 0.3) is 0 Å². The van der Waals surface area contributed by atoms with Gasteiger partial charge < -0.3 is 15.7 Å². The quantitative estimate of drug-likeness (QED) is 0.732. The number of rotatable bonds is 7. The van der Waals surface area contributed by atoms with Crippen LogP contribution >= 0.6 is 11.3 Å². The number of hydrogen-bond acceptors (Lipinski definition) is 4. The fourth-order valence-corrected chi connectivity index (χ4v) is 2.54. The molecule has 0 unspecified atom stereocenters. The minimum atomic E-state index is -0.166. The second kappa shape index (κ2) is 7.67. The number of anilines is 1. The number of aliphatic hydroxyl groups excluding tert-OH is 1. The van der Waals surface area contributed by atoms with E-state index in [9.17, 15) is 4.79 Å². The average Bonchev–Trinajstić information content (AvgIpc) is 2.98. The molecular formula is C15H18N2O2S. The molecule has 2 rings (SSSR count). The van der Waals surface area contributed by atoms with Crippen LogP contribution in [0.15, 0.2) is 41.8 Å². The molecule has 4 nitrogen and oxygen atoms in total. The number of carbonyl (C=O) groups excluding carboxylic acids is 1. The van der Waals surface area contributed by atoms with Crippen molar-refractivity contribution in [3.05, 3.63) is 52.2 Å². The Bertz CT molecular complexity index is 541. The third-order valence-corrected chi connectivity index (χ3v) is 3.74. The highest BCUT2D eigenvalue weighted by atomic mass is 32.1. The Morgan fingerprint density at radius 2 is 2.10 bits per heavy atom. The number of hydrogen-bond donors (Lipinski definition) is 3. The SMILES string of the molecule is O=C(NCCO)c1cccc(NCCc2cccs2)c1. The second-order valence-electron chi connectivity index (χ2n) is 4.32. The molecule has 0 saturated heterocycles. The van der Waals surface area contributed by atoms with Crippen LogP contribution in [0.4, 0.5) is 5.69 Å². The summed E-state index contributed by atoms with van der Waals surface area (Å²) in [4.78, 5) is 13.1. The highest BCUT2D eigenvalue weighted by Gasteiger charge is 2.05. The molecule has 5 heteroatoms. The van der Waals surface area contributed by atoms with E-state index in [4.69, 9.17) is 5.11 Å². The maximum absolute atomic E-state index is 11.8. The molecule has 0 aliphatic rings. The number of aliphatic hydroxyl groups is 1. The Hall–Kier alpha value is -1.85. The Labute approximate surface area is 122 Å². The first kappa shape index (κ1) is 14.6. The number of amides is 1. The van der Waals surface area contributed by atoms with Gasteiger partial charge in [-0.25, -0.2) is 0 Å². The van der Waals surface area contributed by atoms with Gasteiger partial charge in [0.2, 0.25) is 0 Å². The predicted molar refractivity (Wildman–Crippen MR) is 82.4 cm³/mol. The maximum Gasteiger partial charge on any atom is 0.251 e. The van der Waals surface area contributed by atoms with Crippen LogP contribution in [0.3, 0.4) is 0 Å². The molecule has 106 valence electrons. The van der Waals surface area contributed by atoms with E-state index in [0.29, 0.717) is 5.56 Å². The van der Waals surface area contributed by atoms with E-state index in [1.807, 2.05) is 24.3 Å². The van der Waals surface area contributed by atoms with Crippen molar-refractivity contribution in [2.24, 2.45) is 0 Å². The van der Waals surface area contributed by atoms with Crippen molar-refractivity contribution in [3.63, 3.8) is 0 Å². The Balaban J connectivity index is 1.87. The van der Waals surface area contributed by atoms with Gasteiger partial charge in [0.25, 0.3) is 5.91 Å². The zero-order valence-corrected chi connectivity index (χ0v) is 12.0. The molecule has 0 atom stereocenters. The van der Waals surface area contributed by atoms with Crippen molar-refractivity contribution in [2.75, 3.05) is 25.0 Å². The molecule has 20 heavy (non-hydrogen) atoms.